The van der Waals surface area contributed by atoms with Gasteiger partial charge in [-0.2, -0.15) is 0 Å². The lowest BCUT2D eigenvalue weighted by molar-refractivity contribution is 0.102. The molecular weight excluding hydrogens is 352 g/mol. The molecule has 7 heteroatoms. The smallest absolute Gasteiger partial charge is 0.409 e. The lowest BCUT2D eigenvalue weighted by Crippen LogP contribution is -2.15. The van der Waals surface area contributed by atoms with Crippen LogP contribution in [0.15, 0.2) is 60.0 Å². The Balaban J connectivity index is 1.91. The number of hydrogen-bond donors (Lipinski definition) is 4. The van der Waals surface area contributed by atoms with Crippen molar-refractivity contribution in [2.45, 2.75) is 6.61 Å². The lowest BCUT2D eigenvalue weighted by Gasteiger charge is -2.13. The first-order valence-electron chi connectivity index (χ1n) is 7.76. The molecule has 4 N–H and O–H groups in total. The molecule has 0 atom stereocenters. The van der Waals surface area contributed by atoms with Crippen LogP contribution >= 0.6 is 11.3 Å². The highest BCUT2D eigenvalue weighted by Gasteiger charge is 2.13. The first-order chi connectivity index (χ1) is 12.6. The zero-order valence-electron chi connectivity index (χ0n) is 13.6. The largest absolute Gasteiger partial charge is 0.465 e. The van der Waals surface area contributed by atoms with E-state index in [0.717, 1.165) is 10.4 Å². The van der Waals surface area contributed by atoms with Gasteiger partial charge >= 0.3 is 6.09 Å². The summed E-state index contributed by atoms with van der Waals surface area (Å²) >= 11 is 1.55. The number of hydrogen-bond acceptors (Lipinski definition) is 4. The van der Waals surface area contributed by atoms with Crippen molar-refractivity contribution in [1.82, 2.24) is 0 Å². The Morgan fingerprint density at radius 1 is 0.962 bits per heavy atom. The number of nitrogens with one attached hydrogen (secondary N) is 2. The van der Waals surface area contributed by atoms with Crippen LogP contribution in [0, 0.1) is 0 Å². The molecule has 2 aromatic carbocycles. The monoisotopic (exact) mass is 368 g/mol. The predicted octanol–water partition coefficient (Wildman–Crippen LogP) is 4.25. The van der Waals surface area contributed by atoms with E-state index in [9.17, 15) is 9.59 Å². The molecule has 26 heavy (non-hydrogen) atoms. The van der Waals surface area contributed by atoms with Gasteiger partial charge in [-0.1, -0.05) is 24.3 Å². The predicted molar refractivity (Wildman–Crippen MR) is 102 cm³/mol. The van der Waals surface area contributed by atoms with Crippen molar-refractivity contribution in [2.24, 2.45) is 0 Å². The fraction of sp³-hybridized carbons (Fsp3) is 0.0526. The van der Waals surface area contributed by atoms with Crippen molar-refractivity contribution in [1.29, 1.82) is 0 Å². The number of amides is 2. The zero-order chi connectivity index (χ0) is 18.5. The molecule has 0 aliphatic heterocycles. The first kappa shape index (κ1) is 17.7. The van der Waals surface area contributed by atoms with E-state index in [4.69, 9.17) is 10.2 Å². The van der Waals surface area contributed by atoms with Crippen LogP contribution in [0.5, 0.6) is 0 Å². The highest BCUT2D eigenvalue weighted by molar-refractivity contribution is 7.13. The van der Waals surface area contributed by atoms with Gasteiger partial charge in [0.1, 0.15) is 0 Å². The molecular formula is C19H16N2O4S. The van der Waals surface area contributed by atoms with Crippen molar-refractivity contribution < 1.29 is 19.8 Å². The summed E-state index contributed by atoms with van der Waals surface area (Å²) in [6.45, 7) is -0.0998. The molecule has 0 bridgehead atoms. The van der Waals surface area contributed by atoms with Crippen LogP contribution in [0.3, 0.4) is 0 Å². The van der Waals surface area contributed by atoms with Gasteiger partial charge < -0.3 is 15.5 Å². The second kappa shape index (κ2) is 7.81. The maximum Gasteiger partial charge on any atom is 0.409 e. The summed E-state index contributed by atoms with van der Waals surface area (Å²) in [5.41, 5.74) is 2.65. The molecule has 3 rings (SSSR count). The van der Waals surface area contributed by atoms with E-state index in [1.165, 1.54) is 0 Å². The fourth-order valence-electron chi connectivity index (χ4n) is 2.42. The standard InChI is InChI=1S/C19H16N2O4S/c22-11-12-3-5-13(6-4-12)18(23)20-16-10-14(17-2-1-9-26-17)7-8-15(16)21-19(24)25/h1-10,21-22H,11H2,(H,20,23)(H,24,25). The van der Waals surface area contributed by atoms with E-state index in [1.807, 2.05) is 17.5 Å². The van der Waals surface area contributed by atoms with Crippen molar-refractivity contribution in [3.63, 3.8) is 0 Å². The minimum absolute atomic E-state index is 0.0998. The number of aliphatic hydroxyl groups excluding tert-OH is 1. The number of benzene rings is 2. The van der Waals surface area contributed by atoms with Gasteiger partial charge in [0.25, 0.3) is 5.91 Å². The number of carbonyl (C=O) groups is 2. The molecule has 0 radical (unpaired) electrons. The maximum atomic E-state index is 12.5. The second-order valence-electron chi connectivity index (χ2n) is 5.48. The molecule has 0 spiro atoms. The first-order valence-corrected chi connectivity index (χ1v) is 8.64. The molecule has 1 aromatic heterocycles. The van der Waals surface area contributed by atoms with E-state index in [2.05, 4.69) is 10.6 Å². The van der Waals surface area contributed by atoms with Crippen LogP contribution in [0.1, 0.15) is 15.9 Å². The van der Waals surface area contributed by atoms with Crippen molar-refractivity contribution >= 4 is 34.7 Å². The Morgan fingerprint density at radius 2 is 1.73 bits per heavy atom. The number of thiophene rings is 1. The molecule has 0 aliphatic rings. The van der Waals surface area contributed by atoms with Gasteiger partial charge in [-0.05, 0) is 46.8 Å². The van der Waals surface area contributed by atoms with Crippen LogP contribution < -0.4 is 10.6 Å². The Kier molecular flexibility index (Phi) is 5.31. The van der Waals surface area contributed by atoms with E-state index in [0.29, 0.717) is 16.8 Å². The third kappa shape index (κ3) is 4.08. The Hall–Kier alpha value is -3.16. The van der Waals surface area contributed by atoms with Gasteiger partial charge in [0, 0.05) is 10.4 Å². The molecule has 132 valence electrons. The van der Waals surface area contributed by atoms with Gasteiger partial charge in [0.2, 0.25) is 0 Å². The molecule has 0 saturated carbocycles. The SMILES string of the molecule is O=C(O)Nc1ccc(-c2cccs2)cc1NC(=O)c1ccc(CO)cc1. The molecule has 2 amide bonds. The van der Waals surface area contributed by atoms with Crippen molar-refractivity contribution in [2.75, 3.05) is 10.6 Å². The van der Waals surface area contributed by atoms with Gasteiger partial charge in [-0.25, -0.2) is 4.79 Å². The quantitative estimate of drug-likeness (QED) is 0.541. The van der Waals surface area contributed by atoms with Gasteiger partial charge in [0.15, 0.2) is 0 Å². The number of carbonyl (C=O) groups excluding carboxylic acids is 1. The summed E-state index contributed by atoms with van der Waals surface area (Å²) in [5, 5.41) is 25.1. The number of aliphatic hydroxyl groups is 1. The second-order valence-corrected chi connectivity index (χ2v) is 6.42. The summed E-state index contributed by atoms with van der Waals surface area (Å²) in [6.07, 6.45) is -1.21. The molecule has 6 nitrogen and oxygen atoms in total. The zero-order valence-corrected chi connectivity index (χ0v) is 14.4. The average Bonchev–Trinajstić information content (AvgIpc) is 3.17. The van der Waals surface area contributed by atoms with Crippen LogP contribution in [-0.2, 0) is 6.61 Å². The van der Waals surface area contributed by atoms with E-state index >= 15 is 0 Å². The summed E-state index contributed by atoms with van der Waals surface area (Å²) in [4.78, 5) is 24.5. The summed E-state index contributed by atoms with van der Waals surface area (Å²) in [7, 11) is 0. The van der Waals surface area contributed by atoms with Crippen LogP contribution in [0.25, 0.3) is 10.4 Å². The molecule has 3 aromatic rings. The molecule has 0 saturated heterocycles. The Labute approximate surface area is 153 Å². The normalized spacial score (nSPS) is 10.3. The molecule has 0 aliphatic carbocycles. The lowest BCUT2D eigenvalue weighted by atomic mass is 10.1. The maximum absolute atomic E-state index is 12.5. The minimum Gasteiger partial charge on any atom is -0.465 e. The van der Waals surface area contributed by atoms with E-state index in [1.54, 1.807) is 53.8 Å². The number of carboxylic acid groups (broad SMARTS) is 1. The molecule has 0 unspecified atom stereocenters. The van der Waals surface area contributed by atoms with E-state index in [-0.39, 0.29) is 18.2 Å². The third-order valence-corrected chi connectivity index (χ3v) is 4.63. The Bertz CT molecular complexity index is 921. The molecule has 0 fully saturated rings. The Morgan fingerprint density at radius 3 is 2.35 bits per heavy atom. The van der Waals surface area contributed by atoms with Gasteiger partial charge in [-0.3, -0.25) is 10.1 Å². The molecule has 1 heterocycles. The van der Waals surface area contributed by atoms with Crippen LogP contribution in [0.4, 0.5) is 16.2 Å². The van der Waals surface area contributed by atoms with E-state index < -0.39 is 6.09 Å². The van der Waals surface area contributed by atoms with Crippen molar-refractivity contribution in [3.8, 4) is 10.4 Å². The average molecular weight is 368 g/mol. The summed E-state index contributed by atoms with van der Waals surface area (Å²) < 4.78 is 0. The van der Waals surface area contributed by atoms with Crippen LogP contribution in [-0.4, -0.2) is 22.2 Å². The van der Waals surface area contributed by atoms with Crippen molar-refractivity contribution in [3.05, 3.63) is 71.1 Å². The summed E-state index contributed by atoms with van der Waals surface area (Å²) in [5.74, 6) is -0.369. The van der Waals surface area contributed by atoms with Gasteiger partial charge in [-0.15, -0.1) is 11.3 Å². The summed E-state index contributed by atoms with van der Waals surface area (Å²) in [6, 6.07) is 15.5. The third-order valence-electron chi connectivity index (χ3n) is 3.71. The highest BCUT2D eigenvalue weighted by atomic mass is 32.1. The number of rotatable bonds is 5. The van der Waals surface area contributed by atoms with Crippen LogP contribution in [0.2, 0.25) is 0 Å². The minimum atomic E-state index is -1.21. The topological polar surface area (TPSA) is 98.7 Å². The highest BCUT2D eigenvalue weighted by Crippen LogP contribution is 2.32. The van der Waals surface area contributed by atoms with Gasteiger partial charge in [0.05, 0.1) is 18.0 Å². The fourth-order valence-corrected chi connectivity index (χ4v) is 3.15. The number of anilines is 2.